The van der Waals surface area contributed by atoms with Gasteiger partial charge >= 0.3 is 0 Å². The standard InChI is InChI=1S/C11H23N.C8H16FN.C2H6/c1-10(2)8-12-7-5-6-11(3,4)9-12;1-2-5-10-6-3-4-8(9)7-10;1-2/h10H,5-9H2,1-4H3;8H,2-7H2,1H3;1-2H3. The fraction of sp³-hybridized carbons (Fsp3) is 1.00. The fourth-order valence-electron chi connectivity index (χ4n) is 3.74. The van der Waals surface area contributed by atoms with E-state index in [0.29, 0.717) is 12.0 Å². The topological polar surface area (TPSA) is 6.48 Å². The minimum Gasteiger partial charge on any atom is -0.303 e. The summed E-state index contributed by atoms with van der Waals surface area (Å²) in [5, 5.41) is 0. The van der Waals surface area contributed by atoms with Crippen molar-refractivity contribution < 1.29 is 4.39 Å². The normalized spacial score (nSPS) is 24.6. The Kier molecular flexibility index (Phi) is 13.0. The molecule has 2 rings (SSSR count). The Morgan fingerprint density at radius 3 is 2.21 bits per heavy atom. The minimum absolute atomic E-state index is 0.555. The van der Waals surface area contributed by atoms with Gasteiger partial charge in [-0.15, -0.1) is 0 Å². The number of piperidine rings is 2. The van der Waals surface area contributed by atoms with Gasteiger partial charge in [0.15, 0.2) is 0 Å². The largest absolute Gasteiger partial charge is 0.303 e. The van der Waals surface area contributed by atoms with Gasteiger partial charge in [0.2, 0.25) is 0 Å². The number of rotatable bonds is 4. The van der Waals surface area contributed by atoms with E-state index in [0.717, 1.165) is 38.3 Å². The first-order valence-corrected chi connectivity index (χ1v) is 10.4. The van der Waals surface area contributed by atoms with Gasteiger partial charge in [0.05, 0.1) is 0 Å². The highest BCUT2D eigenvalue weighted by molar-refractivity contribution is 4.79. The Hall–Kier alpha value is -0.150. The number of halogens is 1. The molecule has 0 radical (unpaired) electrons. The predicted octanol–water partition coefficient (Wildman–Crippen LogP) is 5.62. The second kappa shape index (κ2) is 13.1. The van der Waals surface area contributed by atoms with Crippen molar-refractivity contribution in [2.24, 2.45) is 11.3 Å². The lowest BCUT2D eigenvalue weighted by Crippen LogP contribution is -2.41. The smallest absolute Gasteiger partial charge is 0.113 e. The molecule has 0 saturated carbocycles. The minimum atomic E-state index is -0.555. The van der Waals surface area contributed by atoms with Gasteiger partial charge in [-0.3, -0.25) is 0 Å². The van der Waals surface area contributed by atoms with E-state index in [4.69, 9.17) is 0 Å². The van der Waals surface area contributed by atoms with Gasteiger partial charge in [0.1, 0.15) is 6.17 Å². The molecule has 0 spiro atoms. The van der Waals surface area contributed by atoms with Crippen LogP contribution in [-0.4, -0.2) is 55.2 Å². The van der Waals surface area contributed by atoms with Crippen LogP contribution < -0.4 is 0 Å². The van der Waals surface area contributed by atoms with Crippen molar-refractivity contribution in [3.8, 4) is 0 Å². The molecule has 0 aliphatic carbocycles. The molecule has 0 aromatic carbocycles. The van der Waals surface area contributed by atoms with Crippen LogP contribution in [0.1, 0.15) is 80.6 Å². The van der Waals surface area contributed by atoms with E-state index in [-0.39, 0.29) is 0 Å². The lowest BCUT2D eigenvalue weighted by atomic mass is 9.84. The molecule has 2 saturated heterocycles. The lowest BCUT2D eigenvalue weighted by molar-refractivity contribution is 0.107. The van der Waals surface area contributed by atoms with E-state index < -0.39 is 6.17 Å². The second-order valence-corrected chi connectivity index (χ2v) is 8.44. The van der Waals surface area contributed by atoms with E-state index >= 15 is 0 Å². The van der Waals surface area contributed by atoms with Crippen molar-refractivity contribution in [1.82, 2.24) is 9.80 Å². The maximum Gasteiger partial charge on any atom is 0.113 e. The van der Waals surface area contributed by atoms with E-state index in [2.05, 4.69) is 44.4 Å². The monoisotopic (exact) mass is 344 g/mol. The molecule has 2 aliphatic rings. The summed E-state index contributed by atoms with van der Waals surface area (Å²) in [6, 6.07) is 0. The van der Waals surface area contributed by atoms with Crippen LogP contribution >= 0.6 is 0 Å². The highest BCUT2D eigenvalue weighted by Gasteiger charge is 2.26. The molecule has 0 bridgehead atoms. The van der Waals surface area contributed by atoms with Gasteiger partial charge in [-0.2, -0.15) is 0 Å². The maximum absolute atomic E-state index is 12.7. The quantitative estimate of drug-likeness (QED) is 0.653. The van der Waals surface area contributed by atoms with Crippen LogP contribution in [0.5, 0.6) is 0 Å². The van der Waals surface area contributed by atoms with Crippen LogP contribution in [0.2, 0.25) is 0 Å². The summed E-state index contributed by atoms with van der Waals surface area (Å²) >= 11 is 0. The molecule has 3 heteroatoms. The number of likely N-dealkylation sites (tertiary alicyclic amines) is 2. The third-order valence-electron chi connectivity index (χ3n) is 4.59. The van der Waals surface area contributed by atoms with E-state index in [1.54, 1.807) is 0 Å². The Bertz CT molecular complexity index is 290. The first-order chi connectivity index (χ1) is 11.3. The van der Waals surface area contributed by atoms with Crippen LogP contribution in [0.25, 0.3) is 0 Å². The third-order valence-corrected chi connectivity index (χ3v) is 4.59. The summed E-state index contributed by atoms with van der Waals surface area (Å²) in [6.07, 6.45) is 5.20. The molecular weight excluding hydrogens is 299 g/mol. The molecule has 24 heavy (non-hydrogen) atoms. The zero-order valence-electron chi connectivity index (χ0n) is 17.7. The average molecular weight is 345 g/mol. The van der Waals surface area contributed by atoms with Gasteiger partial charge in [-0.1, -0.05) is 48.5 Å². The Morgan fingerprint density at radius 2 is 1.71 bits per heavy atom. The highest BCUT2D eigenvalue weighted by atomic mass is 19.1. The molecule has 146 valence electrons. The van der Waals surface area contributed by atoms with Gasteiger partial charge in [-0.05, 0) is 63.1 Å². The SMILES string of the molecule is CC.CC(C)CN1CCCC(C)(C)C1.CCCN1CCCC(F)C1. The van der Waals surface area contributed by atoms with E-state index in [9.17, 15) is 4.39 Å². The van der Waals surface area contributed by atoms with Gasteiger partial charge in [-0.25, -0.2) is 4.39 Å². The summed E-state index contributed by atoms with van der Waals surface area (Å²) in [5.41, 5.74) is 0.563. The first-order valence-electron chi connectivity index (χ1n) is 10.4. The van der Waals surface area contributed by atoms with Crippen LogP contribution in [0.15, 0.2) is 0 Å². The molecule has 1 unspecified atom stereocenters. The van der Waals surface area contributed by atoms with Crippen LogP contribution in [0.4, 0.5) is 4.39 Å². The molecule has 2 fully saturated rings. The van der Waals surface area contributed by atoms with Crippen LogP contribution in [0, 0.1) is 11.3 Å². The molecule has 1 atom stereocenters. The second-order valence-electron chi connectivity index (χ2n) is 8.44. The molecule has 0 N–H and O–H groups in total. The van der Waals surface area contributed by atoms with Gasteiger partial charge in [0, 0.05) is 19.6 Å². The molecule has 0 aromatic rings. The molecule has 0 aromatic heterocycles. The van der Waals surface area contributed by atoms with Crippen molar-refractivity contribution in [2.75, 3.05) is 39.3 Å². The molecule has 2 aliphatic heterocycles. The molecule has 0 amide bonds. The zero-order chi connectivity index (χ0) is 18.6. The summed E-state index contributed by atoms with van der Waals surface area (Å²) in [7, 11) is 0. The lowest BCUT2D eigenvalue weighted by Gasteiger charge is -2.38. The first kappa shape index (κ1) is 23.9. The van der Waals surface area contributed by atoms with Crippen molar-refractivity contribution in [2.45, 2.75) is 86.7 Å². The fourth-order valence-corrected chi connectivity index (χ4v) is 3.74. The molecule has 2 heterocycles. The van der Waals surface area contributed by atoms with Crippen LogP contribution in [0.3, 0.4) is 0 Å². The van der Waals surface area contributed by atoms with E-state index in [1.807, 2.05) is 13.8 Å². The van der Waals surface area contributed by atoms with Gasteiger partial charge < -0.3 is 9.80 Å². The molecule has 2 nitrogen and oxygen atoms in total. The van der Waals surface area contributed by atoms with Crippen LogP contribution in [-0.2, 0) is 0 Å². The summed E-state index contributed by atoms with van der Waals surface area (Å²) in [5.74, 6) is 0.818. The maximum atomic E-state index is 12.7. The Balaban J connectivity index is 0.000000405. The van der Waals surface area contributed by atoms with Crippen molar-refractivity contribution in [1.29, 1.82) is 0 Å². The summed E-state index contributed by atoms with van der Waals surface area (Å²) in [4.78, 5) is 4.84. The third kappa shape index (κ3) is 11.4. The Morgan fingerprint density at radius 1 is 1.08 bits per heavy atom. The van der Waals surface area contributed by atoms with Crippen molar-refractivity contribution >= 4 is 0 Å². The summed E-state index contributed by atoms with van der Waals surface area (Å²) < 4.78 is 12.7. The van der Waals surface area contributed by atoms with Crippen molar-refractivity contribution in [3.63, 3.8) is 0 Å². The number of nitrogens with zero attached hydrogens (tertiary/aromatic N) is 2. The number of hydrogen-bond donors (Lipinski definition) is 0. The predicted molar refractivity (Wildman–Crippen MR) is 107 cm³/mol. The average Bonchev–Trinajstić information content (AvgIpc) is 2.48. The number of hydrogen-bond acceptors (Lipinski definition) is 2. The number of alkyl halides is 1. The molecular formula is C21H45FN2. The zero-order valence-corrected chi connectivity index (χ0v) is 17.7. The highest BCUT2D eigenvalue weighted by Crippen LogP contribution is 2.28. The summed E-state index contributed by atoms with van der Waals surface area (Å²) in [6.45, 7) is 22.3. The van der Waals surface area contributed by atoms with E-state index in [1.165, 1.54) is 32.5 Å². The van der Waals surface area contributed by atoms with Crippen molar-refractivity contribution in [3.05, 3.63) is 0 Å². The Labute approximate surface area is 152 Å². The van der Waals surface area contributed by atoms with Gasteiger partial charge in [0.25, 0.3) is 0 Å².